The Morgan fingerprint density at radius 2 is 2.06 bits per heavy atom. The average molecular weight is 279 g/mol. The van der Waals surface area contributed by atoms with Crippen LogP contribution in [0.15, 0.2) is 0 Å². The highest BCUT2D eigenvalue weighted by atomic mass is 32.2. The maximum Gasteiger partial charge on any atom is 0.214 e. The number of piperidine rings is 1. The molecule has 1 aliphatic heterocycles. The molecule has 7 heteroatoms. The Morgan fingerprint density at radius 3 is 2.61 bits per heavy atom. The minimum Gasteiger partial charge on any atom is -0.395 e. The molecule has 0 saturated carbocycles. The fraction of sp³-hybridized carbons (Fsp3) is 1.00. The number of nitrogens with one attached hydrogen (secondary N) is 1. The molecular formula is C11H25N3O3S. The summed E-state index contributed by atoms with van der Waals surface area (Å²) >= 11 is 0. The van der Waals surface area contributed by atoms with Crippen molar-refractivity contribution in [2.24, 2.45) is 5.73 Å². The van der Waals surface area contributed by atoms with Crippen molar-refractivity contribution < 1.29 is 13.5 Å². The van der Waals surface area contributed by atoms with Crippen LogP contribution >= 0.6 is 0 Å². The van der Waals surface area contributed by atoms with Gasteiger partial charge in [-0.15, -0.1) is 0 Å². The predicted molar refractivity (Wildman–Crippen MR) is 71.7 cm³/mol. The van der Waals surface area contributed by atoms with E-state index in [1.165, 1.54) is 0 Å². The van der Waals surface area contributed by atoms with Crippen molar-refractivity contribution in [3.05, 3.63) is 0 Å². The molecule has 1 atom stereocenters. The van der Waals surface area contributed by atoms with Crippen LogP contribution in [0.5, 0.6) is 0 Å². The van der Waals surface area contributed by atoms with Gasteiger partial charge in [0.05, 0.1) is 12.4 Å². The minimum atomic E-state index is -3.14. The fourth-order valence-corrected chi connectivity index (χ4v) is 3.49. The fourth-order valence-electron chi connectivity index (χ4n) is 1.95. The SMILES string of the molecule is C[C@@H](CO)NCCCS(=O)(=O)N1CCC(N)CC1. The average Bonchev–Trinajstić information content (AvgIpc) is 2.35. The van der Waals surface area contributed by atoms with Gasteiger partial charge in [-0.05, 0) is 32.7 Å². The summed E-state index contributed by atoms with van der Waals surface area (Å²) in [6.07, 6.45) is 2.06. The van der Waals surface area contributed by atoms with Crippen LogP contribution in [-0.4, -0.2) is 61.9 Å². The number of rotatable bonds is 7. The normalized spacial score (nSPS) is 21.1. The van der Waals surface area contributed by atoms with E-state index in [0.717, 1.165) is 12.8 Å². The molecule has 1 aliphatic rings. The molecule has 0 unspecified atom stereocenters. The lowest BCUT2D eigenvalue weighted by molar-refractivity contribution is 0.252. The second-order valence-electron chi connectivity index (χ2n) is 4.94. The van der Waals surface area contributed by atoms with E-state index in [-0.39, 0.29) is 24.4 Å². The Kier molecular flexibility index (Phi) is 6.51. The van der Waals surface area contributed by atoms with Gasteiger partial charge >= 0.3 is 0 Å². The first-order chi connectivity index (χ1) is 8.45. The Hall–Kier alpha value is -0.210. The second-order valence-corrected chi connectivity index (χ2v) is 7.03. The van der Waals surface area contributed by atoms with Gasteiger partial charge < -0.3 is 16.2 Å². The van der Waals surface area contributed by atoms with E-state index < -0.39 is 10.0 Å². The van der Waals surface area contributed by atoms with Crippen LogP contribution in [-0.2, 0) is 10.0 Å². The molecule has 18 heavy (non-hydrogen) atoms. The maximum atomic E-state index is 12.0. The van der Waals surface area contributed by atoms with E-state index in [1.54, 1.807) is 4.31 Å². The van der Waals surface area contributed by atoms with E-state index in [1.807, 2.05) is 6.92 Å². The first-order valence-corrected chi connectivity index (χ1v) is 8.14. The molecule has 0 aliphatic carbocycles. The van der Waals surface area contributed by atoms with Gasteiger partial charge in [0.25, 0.3) is 0 Å². The third-order valence-electron chi connectivity index (χ3n) is 3.24. The smallest absolute Gasteiger partial charge is 0.214 e. The van der Waals surface area contributed by atoms with E-state index in [4.69, 9.17) is 10.8 Å². The first kappa shape index (κ1) is 15.8. The molecule has 0 aromatic carbocycles. The number of hydrogen-bond donors (Lipinski definition) is 3. The minimum absolute atomic E-state index is 0.0145. The molecule has 6 nitrogen and oxygen atoms in total. The largest absolute Gasteiger partial charge is 0.395 e. The number of nitrogens with zero attached hydrogens (tertiary/aromatic N) is 1. The van der Waals surface area contributed by atoms with Gasteiger partial charge in [-0.1, -0.05) is 0 Å². The summed E-state index contributed by atoms with van der Waals surface area (Å²) in [5.41, 5.74) is 5.76. The van der Waals surface area contributed by atoms with Gasteiger partial charge in [-0.2, -0.15) is 0 Å². The number of aliphatic hydroxyl groups is 1. The Morgan fingerprint density at radius 1 is 1.44 bits per heavy atom. The zero-order chi connectivity index (χ0) is 13.6. The topological polar surface area (TPSA) is 95.7 Å². The van der Waals surface area contributed by atoms with Gasteiger partial charge in [0.1, 0.15) is 0 Å². The van der Waals surface area contributed by atoms with Crippen LogP contribution < -0.4 is 11.1 Å². The quantitative estimate of drug-likeness (QED) is 0.525. The lowest BCUT2D eigenvalue weighted by Gasteiger charge is -2.29. The first-order valence-electron chi connectivity index (χ1n) is 6.53. The lowest BCUT2D eigenvalue weighted by atomic mass is 10.1. The van der Waals surface area contributed by atoms with Crippen LogP contribution in [0.1, 0.15) is 26.2 Å². The Labute approximate surface area is 110 Å². The van der Waals surface area contributed by atoms with Crippen LogP contribution in [0, 0.1) is 0 Å². The molecular weight excluding hydrogens is 254 g/mol. The molecule has 1 saturated heterocycles. The molecule has 0 aromatic rings. The molecule has 1 fully saturated rings. The van der Waals surface area contributed by atoms with E-state index in [2.05, 4.69) is 5.32 Å². The number of nitrogens with two attached hydrogens (primary N) is 1. The highest BCUT2D eigenvalue weighted by Crippen LogP contribution is 2.13. The molecule has 1 heterocycles. The second kappa shape index (κ2) is 7.40. The number of aliphatic hydroxyl groups excluding tert-OH is 1. The van der Waals surface area contributed by atoms with Gasteiger partial charge in [-0.3, -0.25) is 0 Å². The molecule has 4 N–H and O–H groups in total. The number of hydrogen-bond acceptors (Lipinski definition) is 5. The standard InChI is InChI=1S/C11H25N3O3S/c1-10(9-15)13-5-2-8-18(16,17)14-6-3-11(12)4-7-14/h10-11,13,15H,2-9,12H2,1H3/t10-/m0/s1. The highest BCUT2D eigenvalue weighted by molar-refractivity contribution is 7.89. The van der Waals surface area contributed by atoms with Crippen LogP contribution in [0.4, 0.5) is 0 Å². The van der Waals surface area contributed by atoms with Crippen LogP contribution in [0.3, 0.4) is 0 Å². The van der Waals surface area contributed by atoms with E-state index >= 15 is 0 Å². The Bertz CT molecular complexity index is 326. The van der Waals surface area contributed by atoms with Crippen molar-refractivity contribution >= 4 is 10.0 Å². The van der Waals surface area contributed by atoms with Gasteiger partial charge in [0.2, 0.25) is 10.0 Å². The predicted octanol–water partition coefficient (Wildman–Crippen LogP) is -0.900. The van der Waals surface area contributed by atoms with E-state index in [0.29, 0.717) is 26.1 Å². The molecule has 0 radical (unpaired) electrons. The molecule has 0 bridgehead atoms. The molecule has 108 valence electrons. The molecule has 0 aromatic heterocycles. The van der Waals surface area contributed by atoms with Crippen molar-refractivity contribution in [1.29, 1.82) is 0 Å². The van der Waals surface area contributed by atoms with Crippen LogP contribution in [0.25, 0.3) is 0 Å². The lowest BCUT2D eigenvalue weighted by Crippen LogP contribution is -2.44. The van der Waals surface area contributed by atoms with Gasteiger partial charge in [-0.25, -0.2) is 12.7 Å². The third kappa shape index (κ3) is 5.19. The number of sulfonamides is 1. The molecule has 1 rings (SSSR count). The summed E-state index contributed by atoms with van der Waals surface area (Å²) in [5.74, 6) is 0.160. The summed E-state index contributed by atoms with van der Waals surface area (Å²) < 4.78 is 25.6. The molecule has 0 amide bonds. The summed E-state index contributed by atoms with van der Waals surface area (Å²) in [6, 6.07) is 0.157. The third-order valence-corrected chi connectivity index (χ3v) is 5.19. The van der Waals surface area contributed by atoms with Crippen molar-refractivity contribution in [2.75, 3.05) is 32.0 Å². The zero-order valence-electron chi connectivity index (χ0n) is 11.0. The van der Waals surface area contributed by atoms with Crippen molar-refractivity contribution in [1.82, 2.24) is 9.62 Å². The maximum absolute atomic E-state index is 12.0. The van der Waals surface area contributed by atoms with E-state index in [9.17, 15) is 8.42 Å². The summed E-state index contributed by atoms with van der Waals surface area (Å²) in [4.78, 5) is 0. The van der Waals surface area contributed by atoms with Crippen molar-refractivity contribution in [3.63, 3.8) is 0 Å². The van der Waals surface area contributed by atoms with Crippen molar-refractivity contribution in [2.45, 2.75) is 38.3 Å². The molecule has 0 spiro atoms. The van der Waals surface area contributed by atoms with Crippen molar-refractivity contribution in [3.8, 4) is 0 Å². The van der Waals surface area contributed by atoms with Gasteiger partial charge in [0.15, 0.2) is 0 Å². The highest BCUT2D eigenvalue weighted by Gasteiger charge is 2.25. The van der Waals surface area contributed by atoms with Gasteiger partial charge in [0, 0.05) is 25.2 Å². The monoisotopic (exact) mass is 279 g/mol. The summed E-state index contributed by atoms with van der Waals surface area (Å²) in [5, 5.41) is 11.9. The van der Waals surface area contributed by atoms with Crippen LogP contribution in [0.2, 0.25) is 0 Å². The summed E-state index contributed by atoms with van der Waals surface area (Å²) in [7, 11) is -3.14. The Balaban J connectivity index is 2.27. The summed E-state index contributed by atoms with van der Waals surface area (Å²) in [6.45, 7) is 3.62. The zero-order valence-corrected chi connectivity index (χ0v) is 11.8.